The highest BCUT2D eigenvalue weighted by atomic mass is 16.6. The second-order valence-electron chi connectivity index (χ2n) is 4.24. The lowest BCUT2D eigenvalue weighted by atomic mass is 9.80. The summed E-state index contributed by atoms with van der Waals surface area (Å²) in [5.74, 6) is 0.732. The van der Waals surface area contributed by atoms with Crippen LogP contribution in [0.4, 0.5) is 0 Å². The lowest BCUT2D eigenvalue weighted by Crippen LogP contribution is -2.21. The fourth-order valence-electron chi connectivity index (χ4n) is 2.09. The number of hydrogen-bond donors (Lipinski definition) is 0. The molecule has 3 atom stereocenters. The van der Waals surface area contributed by atoms with Gasteiger partial charge in [-0.15, -0.1) is 0 Å². The summed E-state index contributed by atoms with van der Waals surface area (Å²) in [6, 6.07) is 0. The molecule has 1 heteroatoms. The third-order valence-electron chi connectivity index (χ3n) is 3.22. The fraction of sp³-hybridized carbons (Fsp3) is 0.800. The molecule has 1 nitrogen and oxygen atoms in total. The van der Waals surface area contributed by atoms with E-state index in [-0.39, 0.29) is 5.60 Å². The maximum Gasteiger partial charge on any atom is 0.0920 e. The number of allylic oxidation sites excluding steroid dienone is 1. The van der Waals surface area contributed by atoms with Gasteiger partial charge in [0.1, 0.15) is 0 Å². The Bertz CT molecular complexity index is 197. The molecule has 0 aromatic carbocycles. The lowest BCUT2D eigenvalue weighted by molar-refractivity contribution is 0.303. The van der Waals surface area contributed by atoms with Gasteiger partial charge < -0.3 is 4.74 Å². The first-order valence-electron chi connectivity index (χ1n) is 4.45. The number of epoxide rings is 1. The third-order valence-corrected chi connectivity index (χ3v) is 3.22. The molecule has 2 rings (SSSR count). The number of fused-ring (bicyclic) bond motifs is 1. The van der Waals surface area contributed by atoms with Gasteiger partial charge in [-0.25, -0.2) is 0 Å². The summed E-state index contributed by atoms with van der Waals surface area (Å²) in [5.41, 5.74) is 1.61. The van der Waals surface area contributed by atoms with Crippen molar-refractivity contribution in [2.75, 3.05) is 0 Å². The second kappa shape index (κ2) is 2.10. The van der Waals surface area contributed by atoms with Gasteiger partial charge in [-0.3, -0.25) is 0 Å². The van der Waals surface area contributed by atoms with Crippen molar-refractivity contribution in [2.24, 2.45) is 5.92 Å². The molecule has 1 saturated carbocycles. The van der Waals surface area contributed by atoms with E-state index in [0.29, 0.717) is 6.10 Å². The van der Waals surface area contributed by atoms with Crippen molar-refractivity contribution >= 4 is 0 Å². The van der Waals surface area contributed by atoms with E-state index in [2.05, 4.69) is 20.4 Å². The normalized spacial score (nSPS) is 48.2. The Kier molecular flexibility index (Phi) is 1.40. The van der Waals surface area contributed by atoms with Gasteiger partial charge in [-0.05, 0) is 39.0 Å². The van der Waals surface area contributed by atoms with Gasteiger partial charge in [0, 0.05) is 0 Å². The number of rotatable bonds is 1. The zero-order valence-corrected chi connectivity index (χ0v) is 7.39. The van der Waals surface area contributed by atoms with Crippen molar-refractivity contribution in [3.8, 4) is 0 Å². The molecular weight excluding hydrogens is 136 g/mol. The van der Waals surface area contributed by atoms with Gasteiger partial charge in [0.25, 0.3) is 0 Å². The van der Waals surface area contributed by atoms with Crippen molar-refractivity contribution in [1.29, 1.82) is 0 Å². The second-order valence-corrected chi connectivity index (χ2v) is 4.24. The van der Waals surface area contributed by atoms with Gasteiger partial charge in [0.05, 0.1) is 11.7 Å². The minimum Gasteiger partial charge on any atom is -0.366 e. The lowest BCUT2D eigenvalue weighted by Gasteiger charge is -2.22. The van der Waals surface area contributed by atoms with Gasteiger partial charge in [0.2, 0.25) is 0 Å². The van der Waals surface area contributed by atoms with Crippen LogP contribution in [0.1, 0.15) is 33.1 Å². The molecule has 11 heavy (non-hydrogen) atoms. The van der Waals surface area contributed by atoms with Crippen LogP contribution in [0.3, 0.4) is 0 Å². The first-order valence-corrected chi connectivity index (χ1v) is 4.45. The molecule has 1 aliphatic heterocycles. The zero-order chi connectivity index (χ0) is 8.06. The molecule has 0 bridgehead atoms. The summed E-state index contributed by atoms with van der Waals surface area (Å²) >= 11 is 0. The maximum atomic E-state index is 5.60. The molecule has 0 aromatic heterocycles. The zero-order valence-electron chi connectivity index (χ0n) is 7.39. The minimum atomic E-state index is 0.270. The minimum absolute atomic E-state index is 0.270. The Balaban J connectivity index is 1.98. The van der Waals surface area contributed by atoms with Crippen molar-refractivity contribution in [1.82, 2.24) is 0 Å². The summed E-state index contributed by atoms with van der Waals surface area (Å²) in [6.07, 6.45) is 4.28. The number of ether oxygens (including phenoxy) is 1. The van der Waals surface area contributed by atoms with Crippen LogP contribution in [0.15, 0.2) is 12.2 Å². The maximum absolute atomic E-state index is 5.60. The van der Waals surface area contributed by atoms with Gasteiger partial charge in [-0.1, -0.05) is 12.2 Å². The van der Waals surface area contributed by atoms with E-state index in [9.17, 15) is 0 Å². The van der Waals surface area contributed by atoms with Crippen LogP contribution in [0.2, 0.25) is 0 Å². The Labute approximate surface area is 68.4 Å². The Morgan fingerprint density at radius 1 is 1.64 bits per heavy atom. The average Bonchev–Trinajstić information content (AvgIpc) is 2.58. The van der Waals surface area contributed by atoms with Gasteiger partial charge in [0.15, 0.2) is 0 Å². The van der Waals surface area contributed by atoms with Crippen molar-refractivity contribution < 1.29 is 4.74 Å². The van der Waals surface area contributed by atoms with E-state index in [1.54, 1.807) is 0 Å². The topological polar surface area (TPSA) is 12.5 Å². The molecule has 1 saturated heterocycles. The van der Waals surface area contributed by atoms with Crippen molar-refractivity contribution in [3.63, 3.8) is 0 Å². The molecule has 62 valence electrons. The molecule has 0 aromatic rings. The number of hydrogen-bond acceptors (Lipinski definition) is 1. The molecule has 2 aliphatic rings. The van der Waals surface area contributed by atoms with Crippen LogP contribution in [-0.2, 0) is 4.74 Å². The predicted octanol–water partition coefficient (Wildman–Crippen LogP) is 2.52. The van der Waals surface area contributed by atoms with E-state index in [1.165, 1.54) is 24.8 Å². The molecular formula is C10H16O. The Hall–Kier alpha value is -0.300. The third kappa shape index (κ3) is 1.12. The monoisotopic (exact) mass is 152 g/mol. The summed E-state index contributed by atoms with van der Waals surface area (Å²) in [6.45, 7) is 8.36. The Morgan fingerprint density at radius 2 is 2.36 bits per heavy atom. The molecule has 0 spiro atoms. The van der Waals surface area contributed by atoms with E-state index < -0.39 is 0 Å². The molecule has 1 aliphatic carbocycles. The van der Waals surface area contributed by atoms with Crippen LogP contribution in [0.5, 0.6) is 0 Å². The fourth-order valence-corrected chi connectivity index (χ4v) is 2.09. The summed E-state index contributed by atoms with van der Waals surface area (Å²) < 4.78 is 5.60. The SMILES string of the molecule is C=C(C)C1CC[C@@]2(C)O[C@H]2C1. The molecule has 2 fully saturated rings. The standard InChI is InChI=1S/C10H16O/c1-7(2)8-4-5-10(3)9(6-8)11-10/h8-9H,1,4-6H2,2-3H3/t8?,9-,10+/m0/s1. The quantitative estimate of drug-likeness (QED) is 0.415. The highest BCUT2D eigenvalue weighted by molar-refractivity contribution is 5.10. The van der Waals surface area contributed by atoms with Gasteiger partial charge in [-0.2, -0.15) is 0 Å². The molecule has 0 radical (unpaired) electrons. The van der Waals surface area contributed by atoms with Crippen LogP contribution in [0, 0.1) is 5.92 Å². The first-order chi connectivity index (χ1) is 5.12. The summed E-state index contributed by atoms with van der Waals surface area (Å²) in [4.78, 5) is 0. The van der Waals surface area contributed by atoms with Crippen LogP contribution in [-0.4, -0.2) is 11.7 Å². The van der Waals surface area contributed by atoms with Crippen molar-refractivity contribution in [2.45, 2.75) is 44.8 Å². The summed E-state index contributed by atoms with van der Waals surface area (Å²) in [5, 5.41) is 0. The first kappa shape index (κ1) is 7.35. The average molecular weight is 152 g/mol. The van der Waals surface area contributed by atoms with E-state index in [4.69, 9.17) is 4.74 Å². The largest absolute Gasteiger partial charge is 0.366 e. The molecule has 1 heterocycles. The molecule has 0 N–H and O–H groups in total. The Morgan fingerprint density at radius 3 is 2.91 bits per heavy atom. The van der Waals surface area contributed by atoms with Crippen LogP contribution in [0.25, 0.3) is 0 Å². The van der Waals surface area contributed by atoms with Crippen LogP contribution < -0.4 is 0 Å². The smallest absolute Gasteiger partial charge is 0.0920 e. The van der Waals surface area contributed by atoms with Crippen molar-refractivity contribution in [3.05, 3.63) is 12.2 Å². The highest BCUT2D eigenvalue weighted by Crippen LogP contribution is 2.50. The predicted molar refractivity (Wildman–Crippen MR) is 45.4 cm³/mol. The van der Waals surface area contributed by atoms with E-state index in [0.717, 1.165) is 5.92 Å². The molecule has 1 unspecified atom stereocenters. The van der Waals surface area contributed by atoms with E-state index >= 15 is 0 Å². The molecule has 0 amide bonds. The highest BCUT2D eigenvalue weighted by Gasteiger charge is 2.55. The summed E-state index contributed by atoms with van der Waals surface area (Å²) in [7, 11) is 0. The van der Waals surface area contributed by atoms with Gasteiger partial charge >= 0.3 is 0 Å². The van der Waals surface area contributed by atoms with Crippen LogP contribution >= 0.6 is 0 Å². The van der Waals surface area contributed by atoms with E-state index in [1.807, 2.05) is 0 Å².